The van der Waals surface area contributed by atoms with Gasteiger partial charge in [-0.25, -0.2) is 18.1 Å². The van der Waals surface area contributed by atoms with Gasteiger partial charge in [0.2, 0.25) is 10.0 Å². The van der Waals surface area contributed by atoms with Gasteiger partial charge in [-0.3, -0.25) is 4.98 Å². The molecule has 2 aromatic heterocycles. The molecule has 0 bridgehead atoms. The average molecular weight is 496 g/mol. The zero-order valence-electron chi connectivity index (χ0n) is 18.5. The number of fused-ring (bicyclic) bond motifs is 1. The first kappa shape index (κ1) is 24.1. The third kappa shape index (κ3) is 5.20. The highest BCUT2D eigenvalue weighted by atomic mass is 35.5. The monoisotopic (exact) mass is 495 g/mol. The van der Waals surface area contributed by atoms with E-state index in [4.69, 9.17) is 4.98 Å². The molecule has 3 heterocycles. The summed E-state index contributed by atoms with van der Waals surface area (Å²) in [5.74, 6) is 0. The number of hydrogen-bond donors (Lipinski definition) is 2. The van der Waals surface area contributed by atoms with Gasteiger partial charge in [0.1, 0.15) is 5.52 Å². The SMILES string of the molecule is Cl.O=S(=O)(NCc1ccccc1)c1cccc(-c2ccc3nccc(N4CCNCC4)c3n2)c1. The number of piperazine rings is 1. The third-order valence-corrected chi connectivity index (χ3v) is 7.17. The molecule has 0 atom stereocenters. The number of sulfonamides is 1. The van der Waals surface area contributed by atoms with Crippen LogP contribution in [0.1, 0.15) is 5.56 Å². The van der Waals surface area contributed by atoms with Gasteiger partial charge < -0.3 is 10.2 Å². The van der Waals surface area contributed by atoms with Crippen molar-refractivity contribution in [3.63, 3.8) is 0 Å². The quantitative estimate of drug-likeness (QED) is 0.425. The maximum atomic E-state index is 12.9. The smallest absolute Gasteiger partial charge is 0.240 e. The van der Waals surface area contributed by atoms with Crippen molar-refractivity contribution in [3.05, 3.63) is 84.6 Å². The second-order valence-corrected chi connectivity index (χ2v) is 9.74. The minimum atomic E-state index is -3.66. The summed E-state index contributed by atoms with van der Waals surface area (Å²) in [6.07, 6.45) is 1.81. The fourth-order valence-corrected chi connectivity index (χ4v) is 5.08. The van der Waals surface area contributed by atoms with E-state index >= 15 is 0 Å². The highest BCUT2D eigenvalue weighted by Crippen LogP contribution is 2.28. The van der Waals surface area contributed by atoms with Gasteiger partial charge in [-0.2, -0.15) is 0 Å². The molecule has 1 fully saturated rings. The van der Waals surface area contributed by atoms with E-state index in [1.165, 1.54) is 0 Å². The van der Waals surface area contributed by atoms with Crippen LogP contribution in [0.4, 0.5) is 5.69 Å². The molecule has 2 N–H and O–H groups in total. The van der Waals surface area contributed by atoms with Crippen molar-refractivity contribution in [3.8, 4) is 11.3 Å². The lowest BCUT2D eigenvalue weighted by Gasteiger charge is -2.29. The zero-order valence-corrected chi connectivity index (χ0v) is 20.1. The van der Waals surface area contributed by atoms with Crippen LogP contribution in [0.15, 0.2) is 83.9 Å². The summed E-state index contributed by atoms with van der Waals surface area (Å²) in [4.78, 5) is 11.9. The summed E-state index contributed by atoms with van der Waals surface area (Å²) >= 11 is 0. The van der Waals surface area contributed by atoms with Crippen LogP contribution in [-0.4, -0.2) is 44.6 Å². The van der Waals surface area contributed by atoms with Crippen LogP contribution in [0.2, 0.25) is 0 Å². The van der Waals surface area contributed by atoms with Gasteiger partial charge in [-0.1, -0.05) is 42.5 Å². The van der Waals surface area contributed by atoms with E-state index in [0.29, 0.717) is 5.69 Å². The van der Waals surface area contributed by atoms with Crippen molar-refractivity contribution in [2.75, 3.05) is 31.1 Å². The second-order valence-electron chi connectivity index (χ2n) is 7.97. The van der Waals surface area contributed by atoms with Gasteiger partial charge in [-0.05, 0) is 35.9 Å². The van der Waals surface area contributed by atoms with Crippen LogP contribution in [0.3, 0.4) is 0 Å². The number of nitrogens with one attached hydrogen (secondary N) is 2. The van der Waals surface area contributed by atoms with Crippen LogP contribution in [0, 0.1) is 0 Å². The third-order valence-electron chi connectivity index (χ3n) is 5.77. The molecule has 1 saturated heterocycles. The van der Waals surface area contributed by atoms with Gasteiger partial charge in [0.25, 0.3) is 0 Å². The highest BCUT2D eigenvalue weighted by molar-refractivity contribution is 7.89. The molecule has 0 unspecified atom stereocenters. The number of rotatable bonds is 6. The molecule has 1 aliphatic heterocycles. The Morgan fingerprint density at radius 1 is 0.941 bits per heavy atom. The second kappa shape index (κ2) is 10.5. The Bertz CT molecular complexity index is 1380. The van der Waals surface area contributed by atoms with Crippen LogP contribution in [0.25, 0.3) is 22.3 Å². The number of pyridine rings is 2. The van der Waals surface area contributed by atoms with E-state index in [9.17, 15) is 8.42 Å². The lowest BCUT2D eigenvalue weighted by Crippen LogP contribution is -2.43. The maximum Gasteiger partial charge on any atom is 0.240 e. The van der Waals surface area contributed by atoms with Crippen molar-refractivity contribution in [1.82, 2.24) is 20.0 Å². The molecule has 0 spiro atoms. The molecule has 0 saturated carbocycles. The fourth-order valence-electron chi connectivity index (χ4n) is 4.01. The predicted molar refractivity (Wildman–Crippen MR) is 138 cm³/mol. The standard InChI is InChI=1S/C25H25N5O2S.ClH/c31-33(32,28-18-19-5-2-1-3-6-19)21-8-4-7-20(17-21)22-9-10-23-25(29-22)24(11-12-27-23)30-15-13-26-14-16-30;/h1-12,17,26,28H,13-16,18H2;1H. The fraction of sp³-hybridized carbons (Fsp3) is 0.200. The van der Waals surface area contributed by atoms with E-state index in [1.807, 2.05) is 60.8 Å². The van der Waals surface area contributed by atoms with E-state index in [0.717, 1.165) is 54.0 Å². The first-order chi connectivity index (χ1) is 16.1. The van der Waals surface area contributed by atoms with Crippen molar-refractivity contribution in [2.24, 2.45) is 0 Å². The topological polar surface area (TPSA) is 87.2 Å². The molecule has 0 aliphatic carbocycles. The molecular formula is C25H26ClN5O2S. The van der Waals surface area contributed by atoms with Crippen LogP contribution in [0.5, 0.6) is 0 Å². The van der Waals surface area contributed by atoms with E-state index in [2.05, 4.69) is 19.9 Å². The van der Waals surface area contributed by atoms with Crippen LogP contribution >= 0.6 is 12.4 Å². The predicted octanol–water partition coefficient (Wildman–Crippen LogP) is 3.61. The molecule has 0 radical (unpaired) electrons. The zero-order chi connectivity index (χ0) is 22.7. The van der Waals surface area contributed by atoms with Crippen LogP contribution < -0.4 is 14.9 Å². The van der Waals surface area contributed by atoms with E-state index in [-0.39, 0.29) is 23.8 Å². The van der Waals surface area contributed by atoms with Crippen molar-refractivity contribution >= 4 is 39.2 Å². The van der Waals surface area contributed by atoms with Gasteiger partial charge in [0.05, 0.1) is 21.8 Å². The minimum Gasteiger partial charge on any atom is -0.367 e. The Kier molecular flexibility index (Phi) is 7.43. The Balaban J connectivity index is 0.00000274. The molecule has 176 valence electrons. The van der Waals surface area contributed by atoms with Gasteiger partial charge >= 0.3 is 0 Å². The molecule has 4 aromatic rings. The molecule has 34 heavy (non-hydrogen) atoms. The number of nitrogens with zero attached hydrogens (tertiary/aromatic N) is 3. The first-order valence-electron chi connectivity index (χ1n) is 11.0. The first-order valence-corrected chi connectivity index (χ1v) is 12.4. The Hall–Kier alpha value is -3.04. The van der Waals surface area contributed by atoms with Crippen molar-refractivity contribution in [1.29, 1.82) is 0 Å². The Morgan fingerprint density at radius 2 is 1.74 bits per heavy atom. The van der Waals surface area contributed by atoms with E-state index < -0.39 is 10.0 Å². The molecular weight excluding hydrogens is 470 g/mol. The number of aromatic nitrogens is 2. The number of hydrogen-bond acceptors (Lipinski definition) is 6. The Morgan fingerprint density at radius 3 is 2.53 bits per heavy atom. The molecule has 2 aromatic carbocycles. The summed E-state index contributed by atoms with van der Waals surface area (Å²) < 4.78 is 28.5. The normalized spacial score (nSPS) is 14.1. The molecule has 0 amide bonds. The summed E-state index contributed by atoms with van der Waals surface area (Å²) in [5, 5.41) is 3.37. The summed E-state index contributed by atoms with van der Waals surface area (Å²) in [6.45, 7) is 3.91. The molecule has 5 rings (SSSR count). The Labute approximate surface area is 205 Å². The summed E-state index contributed by atoms with van der Waals surface area (Å²) in [5.41, 5.74) is 5.06. The van der Waals surface area contributed by atoms with Crippen molar-refractivity contribution in [2.45, 2.75) is 11.4 Å². The maximum absolute atomic E-state index is 12.9. The molecule has 1 aliphatic rings. The van der Waals surface area contributed by atoms with Crippen molar-refractivity contribution < 1.29 is 8.42 Å². The summed E-state index contributed by atoms with van der Waals surface area (Å²) in [7, 11) is -3.66. The largest absolute Gasteiger partial charge is 0.367 e. The highest BCUT2D eigenvalue weighted by Gasteiger charge is 2.17. The van der Waals surface area contributed by atoms with Gasteiger partial charge in [0.15, 0.2) is 0 Å². The van der Waals surface area contributed by atoms with E-state index in [1.54, 1.807) is 18.2 Å². The number of benzene rings is 2. The lowest BCUT2D eigenvalue weighted by molar-refractivity contribution is 0.581. The summed E-state index contributed by atoms with van der Waals surface area (Å²) in [6, 6.07) is 22.2. The van der Waals surface area contributed by atoms with Gasteiger partial charge in [0, 0.05) is 44.5 Å². The lowest BCUT2D eigenvalue weighted by atomic mass is 10.1. The van der Waals surface area contributed by atoms with Gasteiger partial charge in [-0.15, -0.1) is 12.4 Å². The molecule has 9 heteroatoms. The minimum absolute atomic E-state index is 0. The number of halogens is 1. The number of anilines is 1. The average Bonchev–Trinajstić information content (AvgIpc) is 2.88. The molecule has 7 nitrogen and oxygen atoms in total. The van der Waals surface area contributed by atoms with Crippen LogP contribution in [-0.2, 0) is 16.6 Å².